The van der Waals surface area contributed by atoms with Crippen LogP contribution in [0.5, 0.6) is 0 Å². The molecule has 1 amide bonds. The van der Waals surface area contributed by atoms with Gasteiger partial charge in [0, 0.05) is 61.7 Å². The van der Waals surface area contributed by atoms with Gasteiger partial charge < -0.3 is 29.7 Å². The number of amides is 1. The van der Waals surface area contributed by atoms with Crippen LogP contribution in [0.3, 0.4) is 0 Å². The number of rotatable bonds is 5. The molecule has 2 N–H and O–H groups in total. The Balaban J connectivity index is 1.20. The Morgan fingerprint density at radius 2 is 1.85 bits per heavy atom. The van der Waals surface area contributed by atoms with E-state index in [-0.39, 0.29) is 11.5 Å². The van der Waals surface area contributed by atoms with Crippen LogP contribution in [-0.2, 0) is 4.74 Å². The maximum atomic E-state index is 15.1. The average Bonchev–Trinajstić information content (AvgIpc) is 3.36. The highest BCUT2D eigenvalue weighted by molar-refractivity contribution is 5.95. The highest BCUT2D eigenvalue weighted by atomic mass is 19.1. The number of carbonyl (C=O) groups excluding carboxylic acids is 1. The number of nitrogens with zero attached hydrogens (tertiary/aromatic N) is 6. The molecule has 3 aromatic heterocycles. The van der Waals surface area contributed by atoms with Gasteiger partial charge in [-0.05, 0) is 50.2 Å². The summed E-state index contributed by atoms with van der Waals surface area (Å²) in [5.74, 6) is 0.441. The number of ether oxygens (including phenoxy) is 1. The van der Waals surface area contributed by atoms with E-state index in [2.05, 4.69) is 44.3 Å². The monoisotopic (exact) mass is 530 g/mol. The number of fused-ring (bicyclic) bond motifs is 1. The quantitative estimate of drug-likeness (QED) is 0.405. The molecule has 2 aliphatic heterocycles. The second-order valence-corrected chi connectivity index (χ2v) is 10.1. The smallest absolute Gasteiger partial charge is 0.256 e. The van der Waals surface area contributed by atoms with Gasteiger partial charge in [-0.25, -0.2) is 14.4 Å². The lowest BCUT2D eigenvalue weighted by Crippen LogP contribution is -2.54. The maximum Gasteiger partial charge on any atom is 0.256 e. The summed E-state index contributed by atoms with van der Waals surface area (Å²) in [6.45, 7) is 8.01. The van der Waals surface area contributed by atoms with Crippen molar-refractivity contribution in [2.45, 2.75) is 25.9 Å². The molecule has 2 saturated heterocycles. The molecule has 5 heterocycles. The van der Waals surface area contributed by atoms with Crippen LogP contribution in [0.15, 0.2) is 55.0 Å². The van der Waals surface area contributed by atoms with Crippen molar-refractivity contribution in [1.82, 2.24) is 29.7 Å². The van der Waals surface area contributed by atoms with Gasteiger partial charge in [0.05, 0.1) is 30.7 Å². The molecule has 0 radical (unpaired) electrons. The summed E-state index contributed by atoms with van der Waals surface area (Å²) >= 11 is 0. The van der Waals surface area contributed by atoms with E-state index in [0.717, 1.165) is 30.0 Å². The number of carbonyl (C=O) groups is 1. The van der Waals surface area contributed by atoms with Crippen LogP contribution in [0.4, 0.5) is 21.8 Å². The fourth-order valence-electron chi connectivity index (χ4n) is 5.24. The number of aromatic nitrogens is 4. The molecule has 2 atom stereocenters. The zero-order valence-electron chi connectivity index (χ0n) is 22.0. The summed E-state index contributed by atoms with van der Waals surface area (Å²) in [6.07, 6.45) is 5.31. The molecule has 202 valence electrons. The van der Waals surface area contributed by atoms with Crippen LogP contribution >= 0.6 is 0 Å². The number of benzene rings is 1. The second kappa shape index (κ2) is 10.6. The minimum Gasteiger partial charge on any atom is -0.378 e. The predicted molar refractivity (Wildman–Crippen MR) is 147 cm³/mol. The summed E-state index contributed by atoms with van der Waals surface area (Å²) in [7, 11) is 0. The predicted octanol–water partition coefficient (Wildman–Crippen LogP) is 3.36. The molecule has 1 aromatic carbocycles. The van der Waals surface area contributed by atoms with E-state index in [1.807, 2.05) is 24.4 Å². The van der Waals surface area contributed by atoms with Crippen molar-refractivity contribution in [3.63, 3.8) is 0 Å². The van der Waals surface area contributed by atoms with E-state index in [0.29, 0.717) is 55.7 Å². The first-order chi connectivity index (χ1) is 18.9. The molecule has 4 aromatic rings. The van der Waals surface area contributed by atoms with Gasteiger partial charge in [0.25, 0.3) is 5.91 Å². The van der Waals surface area contributed by atoms with Crippen LogP contribution in [0, 0.1) is 5.82 Å². The molecule has 6 rings (SSSR count). The van der Waals surface area contributed by atoms with Gasteiger partial charge in [0.15, 0.2) is 0 Å². The van der Waals surface area contributed by atoms with Gasteiger partial charge in [-0.1, -0.05) is 0 Å². The average molecular weight is 531 g/mol. The largest absolute Gasteiger partial charge is 0.378 e. The molecule has 10 nitrogen and oxygen atoms in total. The van der Waals surface area contributed by atoms with Crippen LogP contribution in [0.25, 0.3) is 16.7 Å². The summed E-state index contributed by atoms with van der Waals surface area (Å²) < 4.78 is 22.1. The minimum absolute atomic E-state index is 0.0507. The van der Waals surface area contributed by atoms with Gasteiger partial charge in [-0.15, -0.1) is 0 Å². The lowest BCUT2D eigenvalue weighted by atomic mass is 10.1. The van der Waals surface area contributed by atoms with Crippen molar-refractivity contribution in [3.05, 3.63) is 66.4 Å². The molecule has 0 aliphatic carbocycles. The third-order valence-electron chi connectivity index (χ3n) is 7.07. The molecule has 2 aliphatic rings. The molecule has 39 heavy (non-hydrogen) atoms. The Bertz CT molecular complexity index is 1470. The molecule has 0 spiro atoms. The van der Waals surface area contributed by atoms with Gasteiger partial charge in [0.2, 0.25) is 5.95 Å². The van der Waals surface area contributed by atoms with Crippen LogP contribution in [-0.4, -0.2) is 81.8 Å². The first-order valence-electron chi connectivity index (χ1n) is 13.2. The Labute approximate surface area is 225 Å². The summed E-state index contributed by atoms with van der Waals surface area (Å²) in [4.78, 5) is 30.4. The maximum absolute atomic E-state index is 15.1. The summed E-state index contributed by atoms with van der Waals surface area (Å²) in [5.41, 5.74) is 2.00. The highest BCUT2D eigenvalue weighted by Crippen LogP contribution is 2.24. The first-order valence-corrected chi connectivity index (χ1v) is 13.2. The molecular formula is C28H31FN8O2. The number of anilines is 3. The molecule has 2 unspecified atom stereocenters. The second-order valence-electron chi connectivity index (χ2n) is 10.1. The molecule has 2 fully saturated rings. The van der Waals surface area contributed by atoms with Crippen LogP contribution < -0.4 is 15.5 Å². The number of pyridine rings is 1. The fraction of sp³-hybridized carbons (Fsp3) is 0.357. The zero-order chi connectivity index (χ0) is 26.9. The standard InChI is InChI=1S/C28H31FN8O2/c1-18-16-36(17-19(2)32-18)25-6-3-21(15-30-25)33-28-31-14-20-7-8-37(26(20)34-28)22-4-5-23(24(29)13-22)27(38)35-9-11-39-12-10-35/h3-8,13-15,18-19,32H,9-12,16-17H2,1-2H3,(H,31,33,34). The lowest BCUT2D eigenvalue weighted by molar-refractivity contribution is 0.0300. The number of morpholine rings is 1. The summed E-state index contributed by atoms with van der Waals surface area (Å²) in [5, 5.41) is 7.56. The van der Waals surface area contributed by atoms with E-state index in [1.165, 1.54) is 12.1 Å². The van der Waals surface area contributed by atoms with Crippen molar-refractivity contribution >= 4 is 34.4 Å². The van der Waals surface area contributed by atoms with E-state index < -0.39 is 5.82 Å². The SMILES string of the molecule is CC1CN(c2ccc(Nc3ncc4ccn(-c5ccc(C(=O)N6CCOCC6)c(F)c5)c4n3)cn2)CC(C)N1. The molecular weight excluding hydrogens is 499 g/mol. The number of piperazine rings is 1. The van der Waals surface area contributed by atoms with E-state index in [4.69, 9.17) is 4.74 Å². The number of halogens is 1. The molecule has 0 bridgehead atoms. The Kier molecular flexibility index (Phi) is 6.84. The lowest BCUT2D eigenvalue weighted by Gasteiger charge is -2.36. The topological polar surface area (TPSA) is 100 Å². The first kappa shape index (κ1) is 25.2. The minimum atomic E-state index is -0.572. The zero-order valence-corrected chi connectivity index (χ0v) is 22.0. The van der Waals surface area contributed by atoms with Crippen molar-refractivity contribution in [1.29, 1.82) is 0 Å². The number of hydrogen-bond acceptors (Lipinski definition) is 8. The molecule has 11 heteroatoms. The normalized spacial score (nSPS) is 19.9. The Morgan fingerprint density at radius 1 is 1.05 bits per heavy atom. The van der Waals surface area contributed by atoms with Crippen molar-refractivity contribution in [2.24, 2.45) is 0 Å². The van der Waals surface area contributed by atoms with E-state index in [1.54, 1.807) is 27.9 Å². The molecule has 0 saturated carbocycles. The van der Waals surface area contributed by atoms with Crippen molar-refractivity contribution < 1.29 is 13.9 Å². The Morgan fingerprint density at radius 3 is 2.56 bits per heavy atom. The van der Waals surface area contributed by atoms with Gasteiger partial charge in [-0.3, -0.25) is 4.79 Å². The van der Waals surface area contributed by atoms with E-state index >= 15 is 4.39 Å². The van der Waals surface area contributed by atoms with E-state index in [9.17, 15) is 4.79 Å². The Hall–Kier alpha value is -4.09. The van der Waals surface area contributed by atoms with Gasteiger partial charge in [-0.2, -0.15) is 4.98 Å². The number of hydrogen-bond donors (Lipinski definition) is 2. The summed E-state index contributed by atoms with van der Waals surface area (Å²) in [6, 6.07) is 11.3. The van der Waals surface area contributed by atoms with Crippen LogP contribution in [0.2, 0.25) is 0 Å². The number of nitrogens with one attached hydrogen (secondary N) is 2. The van der Waals surface area contributed by atoms with Gasteiger partial charge >= 0.3 is 0 Å². The van der Waals surface area contributed by atoms with Crippen molar-refractivity contribution in [3.8, 4) is 5.69 Å². The van der Waals surface area contributed by atoms with Crippen LogP contribution in [0.1, 0.15) is 24.2 Å². The third kappa shape index (κ3) is 5.27. The van der Waals surface area contributed by atoms with Crippen molar-refractivity contribution in [2.75, 3.05) is 49.6 Å². The highest BCUT2D eigenvalue weighted by Gasteiger charge is 2.23. The van der Waals surface area contributed by atoms with Gasteiger partial charge in [0.1, 0.15) is 17.3 Å². The fourth-order valence-corrected chi connectivity index (χ4v) is 5.24. The third-order valence-corrected chi connectivity index (χ3v) is 7.07.